The second kappa shape index (κ2) is 5.21. The van der Waals surface area contributed by atoms with Crippen molar-refractivity contribution in [3.8, 4) is 0 Å². The lowest BCUT2D eigenvalue weighted by Crippen LogP contribution is -2.11. The maximum absolute atomic E-state index is 12.2. The molecule has 1 aromatic carbocycles. The highest BCUT2D eigenvalue weighted by molar-refractivity contribution is 6.31. The maximum atomic E-state index is 12.2. The molecule has 1 heterocycles. The topological polar surface area (TPSA) is 57.3 Å². The van der Waals surface area contributed by atoms with Crippen LogP contribution >= 0.6 is 11.6 Å². The van der Waals surface area contributed by atoms with E-state index < -0.39 is 0 Å². The molecule has 1 saturated carbocycles. The quantitative estimate of drug-likeness (QED) is 0.878. The molecule has 1 aliphatic carbocycles. The van der Waals surface area contributed by atoms with Gasteiger partial charge in [-0.15, -0.1) is 0 Å². The summed E-state index contributed by atoms with van der Waals surface area (Å²) in [7, 11) is 0. The summed E-state index contributed by atoms with van der Waals surface area (Å²) in [4.78, 5) is 12.2. The molecule has 0 amide bonds. The van der Waals surface area contributed by atoms with Crippen molar-refractivity contribution in [1.82, 2.24) is 4.57 Å². The largest absolute Gasteiger partial charge is 0.456 e. The number of anilines is 1. The van der Waals surface area contributed by atoms with Gasteiger partial charge in [0.2, 0.25) is 0 Å². The number of hydrogen-bond acceptors (Lipinski definition) is 3. The molecule has 2 aromatic rings. The lowest BCUT2D eigenvalue weighted by Gasteiger charge is -2.08. The standard InChI is InChI=1S/C15H15ClN2O2/c16-13-4-2-1-3-10(13)9-20-15(19)14-7-11(17)8-18(14)12-5-6-12/h1-4,7-8,12H,5-6,9,17H2. The van der Waals surface area contributed by atoms with E-state index in [1.54, 1.807) is 18.3 Å². The number of nitrogens with two attached hydrogens (primary N) is 1. The summed E-state index contributed by atoms with van der Waals surface area (Å²) in [5.41, 5.74) is 7.65. The molecule has 2 N–H and O–H groups in total. The molecule has 3 rings (SSSR count). The Morgan fingerprint density at radius 2 is 2.15 bits per heavy atom. The van der Waals surface area contributed by atoms with Crippen LogP contribution in [0.5, 0.6) is 0 Å². The third-order valence-electron chi connectivity index (χ3n) is 3.34. The van der Waals surface area contributed by atoms with Crippen molar-refractivity contribution in [2.45, 2.75) is 25.5 Å². The number of carbonyl (C=O) groups excluding carboxylic acids is 1. The van der Waals surface area contributed by atoms with Gasteiger partial charge >= 0.3 is 5.97 Å². The van der Waals surface area contributed by atoms with Crippen molar-refractivity contribution in [1.29, 1.82) is 0 Å². The average Bonchev–Trinajstić information content (AvgIpc) is 3.20. The van der Waals surface area contributed by atoms with Crippen LogP contribution in [-0.2, 0) is 11.3 Å². The molecule has 5 heteroatoms. The summed E-state index contributed by atoms with van der Waals surface area (Å²) in [5, 5.41) is 0.595. The Morgan fingerprint density at radius 1 is 1.40 bits per heavy atom. The summed E-state index contributed by atoms with van der Waals surface area (Å²) < 4.78 is 7.23. The fourth-order valence-electron chi connectivity index (χ4n) is 2.15. The molecule has 104 valence electrons. The number of carbonyl (C=O) groups is 1. The molecule has 1 aliphatic rings. The smallest absolute Gasteiger partial charge is 0.355 e. The predicted molar refractivity (Wildman–Crippen MR) is 77.7 cm³/mol. The van der Waals surface area contributed by atoms with Gasteiger partial charge in [-0.25, -0.2) is 4.79 Å². The fraction of sp³-hybridized carbons (Fsp3) is 0.267. The molecule has 0 bridgehead atoms. The SMILES string of the molecule is Nc1cc(C(=O)OCc2ccccc2Cl)n(C2CC2)c1. The van der Waals surface area contributed by atoms with E-state index in [0.29, 0.717) is 22.4 Å². The van der Waals surface area contributed by atoms with E-state index in [2.05, 4.69) is 0 Å². The van der Waals surface area contributed by atoms with Gasteiger partial charge in [-0.2, -0.15) is 0 Å². The molecule has 0 spiro atoms. The molecule has 0 aliphatic heterocycles. The van der Waals surface area contributed by atoms with E-state index >= 15 is 0 Å². The summed E-state index contributed by atoms with van der Waals surface area (Å²) in [6.45, 7) is 0.161. The van der Waals surface area contributed by atoms with E-state index in [1.807, 2.05) is 22.8 Å². The highest BCUT2D eigenvalue weighted by Gasteiger charge is 2.28. The van der Waals surface area contributed by atoms with Gasteiger partial charge in [0.05, 0.1) is 5.69 Å². The van der Waals surface area contributed by atoms with Gasteiger partial charge in [0, 0.05) is 22.8 Å². The number of nitrogen functional groups attached to an aromatic ring is 1. The molecule has 0 atom stereocenters. The van der Waals surface area contributed by atoms with Crippen molar-refractivity contribution in [3.63, 3.8) is 0 Å². The lowest BCUT2D eigenvalue weighted by molar-refractivity contribution is 0.0460. The number of rotatable bonds is 4. The number of aromatic nitrogens is 1. The van der Waals surface area contributed by atoms with Crippen LogP contribution < -0.4 is 5.73 Å². The summed E-state index contributed by atoms with van der Waals surface area (Å²) in [5.74, 6) is -0.367. The number of halogens is 1. The van der Waals surface area contributed by atoms with Gasteiger partial charge in [0.1, 0.15) is 12.3 Å². The zero-order valence-corrected chi connectivity index (χ0v) is 11.6. The van der Waals surface area contributed by atoms with Crippen LogP contribution in [0.3, 0.4) is 0 Å². The zero-order chi connectivity index (χ0) is 14.1. The Bertz CT molecular complexity index is 647. The minimum absolute atomic E-state index is 0.161. The highest BCUT2D eigenvalue weighted by Crippen LogP contribution is 2.37. The third-order valence-corrected chi connectivity index (χ3v) is 3.70. The van der Waals surface area contributed by atoms with Gasteiger partial charge in [0.15, 0.2) is 0 Å². The van der Waals surface area contributed by atoms with Crippen LogP contribution in [0.2, 0.25) is 5.02 Å². The third kappa shape index (κ3) is 2.65. The van der Waals surface area contributed by atoms with Crippen LogP contribution in [0.25, 0.3) is 0 Å². The van der Waals surface area contributed by atoms with Gasteiger partial charge < -0.3 is 15.0 Å². The second-order valence-corrected chi connectivity index (χ2v) is 5.37. The normalized spacial score (nSPS) is 14.2. The summed E-state index contributed by atoms with van der Waals surface area (Å²) >= 11 is 6.03. The molecule has 1 fully saturated rings. The monoisotopic (exact) mass is 290 g/mol. The first-order valence-electron chi connectivity index (χ1n) is 6.53. The van der Waals surface area contributed by atoms with Gasteiger partial charge in [-0.1, -0.05) is 29.8 Å². The van der Waals surface area contributed by atoms with Crippen molar-refractivity contribution in [2.75, 3.05) is 5.73 Å². The molecule has 20 heavy (non-hydrogen) atoms. The molecule has 1 aromatic heterocycles. The maximum Gasteiger partial charge on any atom is 0.355 e. The number of nitrogens with zero attached hydrogens (tertiary/aromatic N) is 1. The average molecular weight is 291 g/mol. The number of hydrogen-bond donors (Lipinski definition) is 1. The van der Waals surface area contributed by atoms with Crippen LogP contribution in [0, 0.1) is 0 Å². The highest BCUT2D eigenvalue weighted by atomic mass is 35.5. The van der Waals surface area contributed by atoms with Crippen LogP contribution in [0.15, 0.2) is 36.5 Å². The van der Waals surface area contributed by atoms with E-state index in [9.17, 15) is 4.79 Å². The Morgan fingerprint density at radius 3 is 2.85 bits per heavy atom. The van der Waals surface area contributed by atoms with E-state index in [1.165, 1.54) is 0 Å². The van der Waals surface area contributed by atoms with Crippen LogP contribution in [0.1, 0.15) is 34.9 Å². The number of ether oxygens (including phenoxy) is 1. The summed E-state index contributed by atoms with van der Waals surface area (Å²) in [6.07, 6.45) is 3.96. The molecule has 0 radical (unpaired) electrons. The fourth-order valence-corrected chi connectivity index (χ4v) is 2.34. The summed E-state index contributed by atoms with van der Waals surface area (Å²) in [6, 6.07) is 9.36. The minimum Gasteiger partial charge on any atom is -0.456 e. The first-order valence-corrected chi connectivity index (χ1v) is 6.91. The van der Waals surface area contributed by atoms with Crippen LogP contribution in [0.4, 0.5) is 5.69 Å². The second-order valence-electron chi connectivity index (χ2n) is 4.96. The number of esters is 1. The minimum atomic E-state index is -0.367. The predicted octanol–water partition coefficient (Wildman–Crippen LogP) is 3.42. The Balaban J connectivity index is 1.72. The lowest BCUT2D eigenvalue weighted by atomic mass is 10.2. The van der Waals surface area contributed by atoms with Crippen molar-refractivity contribution >= 4 is 23.3 Å². The Labute approximate surface area is 122 Å². The van der Waals surface area contributed by atoms with E-state index in [-0.39, 0.29) is 12.6 Å². The van der Waals surface area contributed by atoms with Crippen LogP contribution in [-0.4, -0.2) is 10.5 Å². The molecule has 0 unspecified atom stereocenters. The van der Waals surface area contributed by atoms with Crippen molar-refractivity contribution in [2.24, 2.45) is 0 Å². The van der Waals surface area contributed by atoms with Gasteiger partial charge in [-0.3, -0.25) is 0 Å². The molecular weight excluding hydrogens is 276 g/mol. The molecule has 4 nitrogen and oxygen atoms in total. The Kier molecular flexibility index (Phi) is 3.40. The molecular formula is C15H15ClN2O2. The van der Waals surface area contributed by atoms with E-state index in [0.717, 1.165) is 18.4 Å². The van der Waals surface area contributed by atoms with Gasteiger partial charge in [-0.05, 0) is 25.0 Å². The van der Waals surface area contributed by atoms with E-state index in [4.69, 9.17) is 22.1 Å². The Hall–Kier alpha value is -1.94. The first kappa shape index (κ1) is 13.1. The van der Waals surface area contributed by atoms with Crippen molar-refractivity contribution in [3.05, 3.63) is 52.8 Å². The first-order chi connectivity index (χ1) is 9.65. The zero-order valence-electron chi connectivity index (χ0n) is 10.9. The number of benzene rings is 1. The van der Waals surface area contributed by atoms with Gasteiger partial charge in [0.25, 0.3) is 0 Å². The molecule has 0 saturated heterocycles. The van der Waals surface area contributed by atoms with Crippen molar-refractivity contribution < 1.29 is 9.53 Å².